The molecule has 0 spiro atoms. The Labute approximate surface area is 138 Å². The fourth-order valence-corrected chi connectivity index (χ4v) is 2.64. The molecule has 1 atom stereocenters. The first-order valence-electron chi connectivity index (χ1n) is 8.22. The zero-order chi connectivity index (χ0) is 16.5. The average molecular weight is 311 g/mol. The zero-order valence-electron chi connectivity index (χ0n) is 13.9. The minimum Gasteiger partial charge on any atom is -0.337 e. The van der Waals surface area contributed by atoms with Crippen molar-refractivity contribution in [3.63, 3.8) is 0 Å². The quantitative estimate of drug-likeness (QED) is 0.851. The fourth-order valence-electron chi connectivity index (χ4n) is 2.64. The van der Waals surface area contributed by atoms with E-state index < -0.39 is 0 Å². The molecular formula is C19H25N3O. The third-order valence-corrected chi connectivity index (χ3v) is 4.00. The largest absolute Gasteiger partial charge is 0.337 e. The van der Waals surface area contributed by atoms with Gasteiger partial charge in [0.2, 0.25) is 0 Å². The van der Waals surface area contributed by atoms with Crippen molar-refractivity contribution in [2.24, 2.45) is 0 Å². The molecule has 1 aromatic carbocycles. The van der Waals surface area contributed by atoms with Gasteiger partial charge in [0.1, 0.15) is 0 Å². The molecule has 1 heterocycles. The summed E-state index contributed by atoms with van der Waals surface area (Å²) in [6.45, 7) is 6.03. The lowest BCUT2D eigenvalue weighted by molar-refractivity contribution is 0.202. The monoisotopic (exact) mass is 311 g/mol. The number of aromatic nitrogens is 1. The highest BCUT2D eigenvalue weighted by molar-refractivity contribution is 5.74. The van der Waals surface area contributed by atoms with Gasteiger partial charge in [-0.25, -0.2) is 4.79 Å². The van der Waals surface area contributed by atoms with Gasteiger partial charge < -0.3 is 10.2 Å². The molecule has 0 saturated heterocycles. The van der Waals surface area contributed by atoms with Gasteiger partial charge in [-0.05, 0) is 38.0 Å². The first-order valence-corrected chi connectivity index (χ1v) is 8.22. The SMILES string of the molecule is CCN(CC)C(=O)NCC(Cc1ccccn1)c1ccccc1. The van der Waals surface area contributed by atoms with Crippen molar-refractivity contribution in [2.45, 2.75) is 26.2 Å². The minimum atomic E-state index is -0.00282. The number of benzene rings is 1. The molecule has 0 aliphatic rings. The Morgan fingerprint density at radius 2 is 1.78 bits per heavy atom. The van der Waals surface area contributed by atoms with Gasteiger partial charge in [-0.2, -0.15) is 0 Å². The van der Waals surface area contributed by atoms with Gasteiger partial charge in [0.25, 0.3) is 0 Å². The van der Waals surface area contributed by atoms with Crippen molar-refractivity contribution >= 4 is 6.03 Å². The smallest absolute Gasteiger partial charge is 0.317 e. The number of pyridine rings is 1. The molecule has 122 valence electrons. The summed E-state index contributed by atoms with van der Waals surface area (Å²) in [5.74, 6) is 0.214. The van der Waals surface area contributed by atoms with E-state index in [1.54, 1.807) is 4.90 Å². The molecule has 0 saturated carbocycles. The molecule has 4 nitrogen and oxygen atoms in total. The summed E-state index contributed by atoms with van der Waals surface area (Å²) in [6.07, 6.45) is 2.62. The fraction of sp³-hybridized carbons (Fsp3) is 0.368. The van der Waals surface area contributed by atoms with Crippen LogP contribution in [0.5, 0.6) is 0 Å². The molecule has 0 radical (unpaired) electrons. The predicted molar refractivity (Wildman–Crippen MR) is 93.4 cm³/mol. The predicted octanol–water partition coefficient (Wildman–Crippen LogP) is 3.46. The summed E-state index contributed by atoms with van der Waals surface area (Å²) >= 11 is 0. The van der Waals surface area contributed by atoms with Gasteiger partial charge in [0, 0.05) is 37.4 Å². The molecule has 0 bridgehead atoms. The highest BCUT2D eigenvalue weighted by Gasteiger charge is 2.16. The van der Waals surface area contributed by atoms with Crippen LogP contribution >= 0.6 is 0 Å². The number of carbonyl (C=O) groups is 1. The van der Waals surface area contributed by atoms with E-state index in [1.807, 2.05) is 56.4 Å². The van der Waals surface area contributed by atoms with Crippen LogP contribution in [-0.2, 0) is 6.42 Å². The van der Waals surface area contributed by atoms with Crippen molar-refractivity contribution in [1.29, 1.82) is 0 Å². The molecule has 1 aromatic heterocycles. The normalized spacial score (nSPS) is 11.7. The highest BCUT2D eigenvalue weighted by Crippen LogP contribution is 2.19. The van der Waals surface area contributed by atoms with Crippen LogP contribution in [0, 0.1) is 0 Å². The van der Waals surface area contributed by atoms with Gasteiger partial charge in [0.05, 0.1) is 0 Å². The Hall–Kier alpha value is -2.36. The topological polar surface area (TPSA) is 45.2 Å². The van der Waals surface area contributed by atoms with Crippen LogP contribution in [0.25, 0.3) is 0 Å². The number of hydrogen-bond acceptors (Lipinski definition) is 2. The second-order valence-electron chi connectivity index (χ2n) is 5.49. The zero-order valence-corrected chi connectivity index (χ0v) is 13.9. The lowest BCUT2D eigenvalue weighted by atomic mass is 9.94. The van der Waals surface area contributed by atoms with E-state index in [0.717, 1.165) is 25.2 Å². The van der Waals surface area contributed by atoms with Crippen LogP contribution in [0.3, 0.4) is 0 Å². The summed E-state index contributed by atoms with van der Waals surface area (Å²) in [6, 6.07) is 16.2. The standard InChI is InChI=1S/C19H25N3O/c1-3-22(4-2)19(23)21-15-17(16-10-6-5-7-11-16)14-18-12-8-9-13-20-18/h5-13,17H,3-4,14-15H2,1-2H3,(H,21,23). The molecule has 1 N–H and O–H groups in total. The number of nitrogens with one attached hydrogen (secondary N) is 1. The van der Waals surface area contributed by atoms with Gasteiger partial charge in [-0.1, -0.05) is 36.4 Å². The Balaban J connectivity index is 2.07. The average Bonchev–Trinajstić information content (AvgIpc) is 2.61. The van der Waals surface area contributed by atoms with Gasteiger partial charge >= 0.3 is 6.03 Å². The molecule has 2 aromatic rings. The van der Waals surface area contributed by atoms with E-state index in [9.17, 15) is 4.79 Å². The van der Waals surface area contributed by atoms with E-state index in [2.05, 4.69) is 22.4 Å². The summed E-state index contributed by atoms with van der Waals surface area (Å²) < 4.78 is 0. The Bertz CT molecular complexity index is 582. The maximum atomic E-state index is 12.2. The van der Waals surface area contributed by atoms with Crippen LogP contribution < -0.4 is 5.32 Å². The van der Waals surface area contributed by atoms with Gasteiger partial charge in [0.15, 0.2) is 0 Å². The Morgan fingerprint density at radius 1 is 1.09 bits per heavy atom. The van der Waals surface area contributed by atoms with Crippen LogP contribution in [-0.4, -0.2) is 35.5 Å². The van der Waals surface area contributed by atoms with Crippen molar-refractivity contribution in [1.82, 2.24) is 15.2 Å². The Morgan fingerprint density at radius 3 is 2.39 bits per heavy atom. The van der Waals surface area contributed by atoms with Crippen LogP contribution in [0.2, 0.25) is 0 Å². The van der Waals surface area contributed by atoms with E-state index in [0.29, 0.717) is 6.54 Å². The van der Waals surface area contributed by atoms with E-state index in [-0.39, 0.29) is 11.9 Å². The van der Waals surface area contributed by atoms with E-state index in [1.165, 1.54) is 5.56 Å². The highest BCUT2D eigenvalue weighted by atomic mass is 16.2. The Kier molecular flexibility index (Phi) is 6.60. The molecule has 2 amide bonds. The molecule has 2 rings (SSSR count). The maximum absolute atomic E-state index is 12.2. The van der Waals surface area contributed by atoms with Gasteiger partial charge in [-0.15, -0.1) is 0 Å². The summed E-state index contributed by atoms with van der Waals surface area (Å²) in [5.41, 5.74) is 2.26. The summed E-state index contributed by atoms with van der Waals surface area (Å²) in [5, 5.41) is 3.06. The van der Waals surface area contributed by atoms with Crippen LogP contribution in [0.15, 0.2) is 54.7 Å². The lowest BCUT2D eigenvalue weighted by Crippen LogP contribution is -2.41. The number of carbonyl (C=O) groups excluding carboxylic acids is 1. The number of nitrogens with zero attached hydrogens (tertiary/aromatic N) is 2. The number of amides is 2. The molecule has 1 unspecified atom stereocenters. The molecule has 0 aliphatic carbocycles. The van der Waals surface area contributed by atoms with E-state index >= 15 is 0 Å². The van der Waals surface area contributed by atoms with Gasteiger partial charge in [-0.3, -0.25) is 4.98 Å². The van der Waals surface area contributed by atoms with Crippen molar-refractivity contribution in [2.75, 3.05) is 19.6 Å². The molecule has 4 heteroatoms. The maximum Gasteiger partial charge on any atom is 0.317 e. The first kappa shape index (κ1) is 17.0. The van der Waals surface area contributed by atoms with Crippen molar-refractivity contribution in [3.05, 3.63) is 66.0 Å². The van der Waals surface area contributed by atoms with E-state index in [4.69, 9.17) is 0 Å². The first-order chi connectivity index (χ1) is 11.2. The molecule has 23 heavy (non-hydrogen) atoms. The lowest BCUT2D eigenvalue weighted by Gasteiger charge is -2.22. The molecule has 0 fully saturated rings. The second kappa shape index (κ2) is 8.93. The summed E-state index contributed by atoms with van der Waals surface area (Å²) in [4.78, 5) is 18.4. The third kappa shape index (κ3) is 5.09. The second-order valence-corrected chi connectivity index (χ2v) is 5.49. The van der Waals surface area contributed by atoms with Crippen molar-refractivity contribution < 1.29 is 4.79 Å². The summed E-state index contributed by atoms with van der Waals surface area (Å²) in [7, 11) is 0. The molecule has 0 aliphatic heterocycles. The third-order valence-electron chi connectivity index (χ3n) is 4.00. The van der Waals surface area contributed by atoms with Crippen LogP contribution in [0.4, 0.5) is 4.79 Å². The van der Waals surface area contributed by atoms with Crippen molar-refractivity contribution in [3.8, 4) is 0 Å². The molecular weight excluding hydrogens is 286 g/mol. The number of hydrogen-bond donors (Lipinski definition) is 1. The minimum absolute atomic E-state index is 0.00282. The number of urea groups is 1. The van der Waals surface area contributed by atoms with Crippen LogP contribution in [0.1, 0.15) is 31.0 Å². The number of rotatable bonds is 7.